The van der Waals surface area contributed by atoms with E-state index in [9.17, 15) is 14.0 Å². The molecule has 7 nitrogen and oxygen atoms in total. The van der Waals surface area contributed by atoms with E-state index in [0.29, 0.717) is 19.6 Å². The maximum atomic E-state index is 13.6. The maximum absolute atomic E-state index is 13.6. The highest BCUT2D eigenvalue weighted by Crippen LogP contribution is 2.40. The van der Waals surface area contributed by atoms with Crippen LogP contribution in [0.5, 0.6) is 0 Å². The Kier molecular flexibility index (Phi) is 6.27. The number of hydrogen-bond acceptors (Lipinski definition) is 5. The number of nitrogens with zero attached hydrogens (tertiary/aromatic N) is 1. The Balaban J connectivity index is 2.27. The summed E-state index contributed by atoms with van der Waals surface area (Å²) in [6.07, 6.45) is -0.0761. The molecular formula is C17H29FN2O5Si. The van der Waals surface area contributed by atoms with Gasteiger partial charge in [0.1, 0.15) is 12.3 Å². The van der Waals surface area contributed by atoms with Crippen molar-refractivity contribution in [3.8, 4) is 0 Å². The second-order valence-electron chi connectivity index (χ2n) is 8.08. The predicted molar refractivity (Wildman–Crippen MR) is 98.4 cm³/mol. The van der Waals surface area contributed by atoms with E-state index in [0.717, 1.165) is 10.8 Å². The summed E-state index contributed by atoms with van der Waals surface area (Å²) in [6, 6.07) is 0. The molecule has 1 N–H and O–H groups in total. The zero-order valence-electron chi connectivity index (χ0n) is 16.3. The highest BCUT2D eigenvalue weighted by atomic mass is 28.4. The molecule has 0 amide bonds. The zero-order chi connectivity index (χ0) is 19.7. The van der Waals surface area contributed by atoms with Gasteiger partial charge in [0, 0.05) is 13.0 Å². The molecule has 9 heteroatoms. The lowest BCUT2D eigenvalue weighted by atomic mass is 10.2. The largest absolute Gasteiger partial charge is 0.411 e. The highest BCUT2D eigenvalue weighted by molar-refractivity contribution is 6.74. The van der Waals surface area contributed by atoms with Crippen molar-refractivity contribution >= 4 is 8.32 Å². The second-order valence-corrected chi connectivity index (χ2v) is 12.8. The van der Waals surface area contributed by atoms with Gasteiger partial charge in [0.15, 0.2) is 8.32 Å². The number of halogens is 1. The molecule has 0 spiro atoms. The summed E-state index contributed by atoms with van der Waals surface area (Å²) in [5.41, 5.74) is -1.74. The van der Waals surface area contributed by atoms with E-state index >= 15 is 0 Å². The van der Waals surface area contributed by atoms with Gasteiger partial charge in [-0.05, 0) is 25.1 Å². The Morgan fingerprint density at radius 3 is 2.62 bits per heavy atom. The summed E-state index contributed by atoms with van der Waals surface area (Å²) in [4.78, 5) is 25.3. The molecule has 0 aliphatic carbocycles. The Bertz CT molecular complexity index is 740. The summed E-state index contributed by atoms with van der Waals surface area (Å²) >= 11 is 0. The lowest BCUT2D eigenvalue weighted by molar-refractivity contribution is -0.0599. The zero-order valence-corrected chi connectivity index (χ0v) is 17.3. The van der Waals surface area contributed by atoms with Crippen molar-refractivity contribution in [2.24, 2.45) is 0 Å². The van der Waals surface area contributed by atoms with Gasteiger partial charge < -0.3 is 13.9 Å². The van der Waals surface area contributed by atoms with Crippen LogP contribution in [-0.4, -0.2) is 43.3 Å². The van der Waals surface area contributed by atoms with Gasteiger partial charge in [0.25, 0.3) is 5.56 Å². The first-order chi connectivity index (χ1) is 12.0. The van der Waals surface area contributed by atoms with Gasteiger partial charge in [-0.3, -0.25) is 14.3 Å². The molecule has 0 saturated carbocycles. The number of rotatable bonds is 6. The molecule has 1 fully saturated rings. The molecule has 1 aliphatic heterocycles. The first-order valence-corrected chi connectivity index (χ1v) is 11.8. The smallest absolute Gasteiger partial charge is 0.330 e. The fourth-order valence-corrected chi connectivity index (χ4v) is 3.97. The molecule has 1 aliphatic rings. The third-order valence-electron chi connectivity index (χ3n) is 5.15. The minimum atomic E-state index is -2.07. The van der Waals surface area contributed by atoms with E-state index in [2.05, 4.69) is 33.9 Å². The van der Waals surface area contributed by atoms with Crippen LogP contribution in [0.4, 0.5) is 4.39 Å². The first kappa shape index (κ1) is 21.0. The Labute approximate surface area is 153 Å². The van der Waals surface area contributed by atoms with Gasteiger partial charge in [0.05, 0.1) is 18.9 Å². The van der Waals surface area contributed by atoms with Crippen molar-refractivity contribution in [1.82, 2.24) is 9.55 Å². The quantitative estimate of drug-likeness (QED) is 0.757. The monoisotopic (exact) mass is 388 g/mol. The Morgan fingerprint density at radius 2 is 2.04 bits per heavy atom. The summed E-state index contributed by atoms with van der Waals surface area (Å²) in [6.45, 7) is 13.5. The summed E-state index contributed by atoms with van der Waals surface area (Å²) in [5, 5.41) is 0.0161. The first-order valence-electron chi connectivity index (χ1n) is 8.88. The average molecular weight is 389 g/mol. The van der Waals surface area contributed by atoms with Crippen LogP contribution < -0.4 is 11.2 Å². The minimum Gasteiger partial charge on any atom is -0.411 e. The fourth-order valence-electron chi connectivity index (χ4n) is 2.61. The molecule has 3 atom stereocenters. The van der Waals surface area contributed by atoms with Crippen molar-refractivity contribution in [3.63, 3.8) is 0 Å². The van der Waals surface area contributed by atoms with Gasteiger partial charge >= 0.3 is 5.69 Å². The van der Waals surface area contributed by atoms with Crippen molar-refractivity contribution in [1.29, 1.82) is 0 Å². The van der Waals surface area contributed by atoms with Crippen LogP contribution in [0.3, 0.4) is 0 Å². The number of aromatic amines is 1. The molecule has 0 bridgehead atoms. The number of hydrogen-bond donors (Lipinski definition) is 1. The molecule has 0 unspecified atom stereocenters. The minimum absolute atomic E-state index is 0.0161. The van der Waals surface area contributed by atoms with E-state index in [-0.39, 0.29) is 17.2 Å². The van der Waals surface area contributed by atoms with Crippen LogP contribution >= 0.6 is 0 Å². The predicted octanol–water partition coefficient (Wildman–Crippen LogP) is 2.39. The third kappa shape index (κ3) is 4.51. The van der Waals surface area contributed by atoms with Crippen LogP contribution in [0, 0.1) is 5.82 Å². The van der Waals surface area contributed by atoms with Crippen LogP contribution in [0.2, 0.25) is 18.1 Å². The number of H-pyrrole nitrogens is 1. The van der Waals surface area contributed by atoms with Gasteiger partial charge in [-0.25, -0.2) is 4.79 Å². The Hall–Kier alpha value is -1.29. The summed E-state index contributed by atoms with van der Waals surface area (Å²) in [7, 11) is -2.07. The molecule has 1 aromatic heterocycles. The fraction of sp³-hybridized carbons (Fsp3) is 0.765. The van der Waals surface area contributed by atoms with E-state index in [4.69, 9.17) is 13.9 Å². The number of ether oxygens (including phenoxy) is 2. The van der Waals surface area contributed by atoms with E-state index < -0.39 is 31.6 Å². The lowest BCUT2D eigenvalue weighted by Crippen LogP contribution is -2.46. The van der Waals surface area contributed by atoms with E-state index in [1.807, 2.05) is 11.9 Å². The molecular weight excluding hydrogens is 359 g/mol. The normalized spacial score (nSPS) is 24.2. The van der Waals surface area contributed by atoms with Crippen molar-refractivity contribution in [2.75, 3.05) is 13.2 Å². The SMILES string of the molecule is CCOC[C@H]1O[C@@H](n2cc(F)c(=O)[nH]c2=O)C[C@@H]1O[Si](C)(C)C(C)(C)C. The molecule has 1 aromatic rings. The topological polar surface area (TPSA) is 82.5 Å². The summed E-state index contributed by atoms with van der Waals surface area (Å²) in [5.74, 6) is -1.02. The van der Waals surface area contributed by atoms with Gasteiger partial charge in [-0.2, -0.15) is 4.39 Å². The van der Waals surface area contributed by atoms with Crippen LogP contribution in [-0.2, 0) is 13.9 Å². The number of nitrogens with one attached hydrogen (secondary N) is 1. The van der Waals surface area contributed by atoms with Crippen molar-refractivity contribution < 1.29 is 18.3 Å². The van der Waals surface area contributed by atoms with E-state index in [1.54, 1.807) is 0 Å². The molecule has 0 radical (unpaired) electrons. The van der Waals surface area contributed by atoms with E-state index in [1.165, 1.54) is 0 Å². The lowest BCUT2D eigenvalue weighted by Gasteiger charge is -2.39. The Morgan fingerprint density at radius 1 is 1.38 bits per heavy atom. The summed E-state index contributed by atoms with van der Waals surface area (Å²) < 4.78 is 32.6. The van der Waals surface area contributed by atoms with Gasteiger partial charge in [-0.1, -0.05) is 20.8 Å². The molecule has 148 valence electrons. The molecule has 0 aromatic carbocycles. The van der Waals surface area contributed by atoms with Crippen molar-refractivity contribution in [3.05, 3.63) is 32.9 Å². The van der Waals surface area contributed by atoms with Crippen molar-refractivity contribution in [2.45, 2.75) is 70.7 Å². The molecule has 2 heterocycles. The van der Waals surface area contributed by atoms with Crippen LogP contribution in [0.1, 0.15) is 40.3 Å². The highest BCUT2D eigenvalue weighted by Gasteiger charge is 2.45. The van der Waals surface area contributed by atoms with Crippen LogP contribution in [0.25, 0.3) is 0 Å². The standard InChI is InChI=1S/C17H29FN2O5Si/c1-7-23-10-13-12(25-26(5,6)17(2,3)4)8-14(24-13)20-9-11(18)15(21)19-16(20)22/h9,12-14H,7-8,10H2,1-6H3,(H,19,21,22)/t12-,13+,14+/m0/s1. The maximum Gasteiger partial charge on any atom is 0.330 e. The number of aromatic nitrogens is 2. The third-order valence-corrected chi connectivity index (χ3v) is 9.66. The molecule has 2 rings (SSSR count). The van der Waals surface area contributed by atoms with Gasteiger partial charge in [0.2, 0.25) is 5.82 Å². The average Bonchev–Trinajstić information content (AvgIpc) is 2.89. The molecule has 1 saturated heterocycles. The van der Waals surface area contributed by atoms with Crippen LogP contribution in [0.15, 0.2) is 15.8 Å². The molecule has 26 heavy (non-hydrogen) atoms. The van der Waals surface area contributed by atoms with Gasteiger partial charge in [-0.15, -0.1) is 0 Å². The second kappa shape index (κ2) is 7.75.